The van der Waals surface area contributed by atoms with Crippen LogP contribution in [0.4, 0.5) is 0 Å². The molecule has 1 aromatic rings. The third-order valence-corrected chi connectivity index (χ3v) is 7.19. The Bertz CT molecular complexity index is 986. The number of amides is 2. The lowest BCUT2D eigenvalue weighted by Crippen LogP contribution is -2.70. The zero-order valence-electron chi connectivity index (χ0n) is 18.8. The van der Waals surface area contributed by atoms with Crippen molar-refractivity contribution in [3.05, 3.63) is 40.4 Å². The molecule has 4 atom stereocenters. The minimum absolute atomic E-state index is 0.0221. The van der Waals surface area contributed by atoms with Crippen LogP contribution in [-0.2, 0) is 19.1 Å². The second-order valence-electron chi connectivity index (χ2n) is 9.63. The highest BCUT2D eigenvalue weighted by atomic mass is 35.5. The van der Waals surface area contributed by atoms with Crippen molar-refractivity contribution in [2.75, 3.05) is 7.11 Å². The molecule has 6 rings (SSSR count). The molecule has 7 nitrogen and oxygen atoms in total. The molecule has 0 spiro atoms. The standard InChI is InChI=1S/C24H29ClN2O5/c1-13-9-14(25)5-6-18(13)32-23(2,3)22(30)26-21-16-11-24(8-7-15(16)17(21)12-24)27-19(28)10-20(29)31-4/h5-7,9,16-17,21H,8,10-12H2,1-4H3,(H,26,30)(H,27,28)/t16-,17+,21?,24?. The predicted molar refractivity (Wildman–Crippen MR) is 119 cm³/mol. The Morgan fingerprint density at radius 2 is 1.91 bits per heavy atom. The van der Waals surface area contributed by atoms with Crippen molar-refractivity contribution >= 4 is 29.4 Å². The highest BCUT2D eigenvalue weighted by Gasteiger charge is 2.60. The molecule has 2 N–H and O–H groups in total. The van der Waals surface area contributed by atoms with Gasteiger partial charge in [-0.2, -0.15) is 0 Å². The van der Waals surface area contributed by atoms with Crippen molar-refractivity contribution in [1.29, 1.82) is 0 Å². The van der Waals surface area contributed by atoms with Gasteiger partial charge in [0.1, 0.15) is 12.2 Å². The van der Waals surface area contributed by atoms with Crippen LogP contribution in [0.2, 0.25) is 5.02 Å². The average Bonchev–Trinajstić information content (AvgIpc) is 2.73. The van der Waals surface area contributed by atoms with Crippen LogP contribution in [-0.4, -0.2) is 42.1 Å². The lowest BCUT2D eigenvalue weighted by atomic mass is 9.48. The summed E-state index contributed by atoms with van der Waals surface area (Å²) in [6, 6.07) is 5.34. The molecule has 172 valence electrons. The highest BCUT2D eigenvalue weighted by Crippen LogP contribution is 2.58. The molecule has 0 aromatic heterocycles. The minimum Gasteiger partial charge on any atom is -0.478 e. The van der Waals surface area contributed by atoms with Crippen molar-refractivity contribution in [3.63, 3.8) is 0 Å². The van der Waals surface area contributed by atoms with Crippen molar-refractivity contribution in [3.8, 4) is 5.75 Å². The third-order valence-electron chi connectivity index (χ3n) is 6.96. The molecule has 2 amide bonds. The fraction of sp³-hybridized carbons (Fsp3) is 0.542. The number of nitrogens with one attached hydrogen (secondary N) is 2. The van der Waals surface area contributed by atoms with Crippen LogP contribution in [0.25, 0.3) is 0 Å². The lowest BCUT2D eigenvalue weighted by molar-refractivity contribution is -0.145. The van der Waals surface area contributed by atoms with E-state index in [1.54, 1.807) is 32.0 Å². The van der Waals surface area contributed by atoms with Crippen molar-refractivity contribution in [1.82, 2.24) is 10.6 Å². The van der Waals surface area contributed by atoms with Gasteiger partial charge >= 0.3 is 5.97 Å². The number of ether oxygens (including phenoxy) is 2. The summed E-state index contributed by atoms with van der Waals surface area (Å²) in [6.07, 6.45) is 4.17. The summed E-state index contributed by atoms with van der Waals surface area (Å²) in [7, 11) is 1.27. The Morgan fingerprint density at radius 1 is 1.22 bits per heavy atom. The van der Waals surface area contributed by atoms with Gasteiger partial charge in [0.15, 0.2) is 5.60 Å². The summed E-state index contributed by atoms with van der Waals surface area (Å²) in [6.45, 7) is 5.40. The fourth-order valence-corrected chi connectivity index (χ4v) is 5.55. The van der Waals surface area contributed by atoms with E-state index in [2.05, 4.69) is 21.4 Å². The van der Waals surface area contributed by atoms with Crippen molar-refractivity contribution in [2.24, 2.45) is 11.8 Å². The van der Waals surface area contributed by atoms with Gasteiger partial charge in [0.25, 0.3) is 5.91 Å². The van der Waals surface area contributed by atoms with Gasteiger partial charge in [-0.05, 0) is 63.8 Å². The molecule has 3 fully saturated rings. The van der Waals surface area contributed by atoms with Crippen LogP contribution < -0.4 is 15.4 Å². The smallest absolute Gasteiger partial charge is 0.315 e. The minimum atomic E-state index is -1.05. The van der Waals surface area contributed by atoms with E-state index >= 15 is 0 Å². The van der Waals surface area contributed by atoms with E-state index in [1.807, 2.05) is 6.92 Å². The molecule has 0 radical (unpaired) electrons. The SMILES string of the molecule is COC(=O)CC(=O)NC12CC=C3[C@@H](C1)C(NC(=O)C(C)(C)Oc1ccc(Cl)cc1C)[C@H]3C2. The summed E-state index contributed by atoms with van der Waals surface area (Å²) < 4.78 is 10.6. The predicted octanol–water partition coefficient (Wildman–Crippen LogP) is 3.08. The second kappa shape index (κ2) is 8.10. The number of esters is 1. The first-order valence-electron chi connectivity index (χ1n) is 10.9. The number of rotatable bonds is 7. The zero-order chi connectivity index (χ0) is 23.3. The summed E-state index contributed by atoms with van der Waals surface area (Å²) in [5.74, 6) is -0.0272. The molecule has 0 saturated heterocycles. The van der Waals surface area contributed by atoms with Gasteiger partial charge in [-0.25, -0.2) is 0 Å². The number of methoxy groups -OCH3 is 1. The largest absolute Gasteiger partial charge is 0.478 e. The molecule has 3 saturated carbocycles. The Morgan fingerprint density at radius 3 is 2.53 bits per heavy atom. The molecule has 2 unspecified atom stereocenters. The van der Waals surface area contributed by atoms with E-state index in [4.69, 9.17) is 16.3 Å². The molecule has 8 heteroatoms. The molecular formula is C24H29ClN2O5. The number of halogens is 1. The maximum Gasteiger partial charge on any atom is 0.315 e. The van der Waals surface area contributed by atoms with Gasteiger partial charge in [-0.3, -0.25) is 14.4 Å². The van der Waals surface area contributed by atoms with Crippen LogP contribution >= 0.6 is 11.6 Å². The first kappa shape index (κ1) is 22.6. The number of carbonyl (C=O) groups is 3. The third kappa shape index (κ3) is 4.10. The van der Waals surface area contributed by atoms with Crippen LogP contribution in [0.1, 0.15) is 45.1 Å². The van der Waals surface area contributed by atoms with Gasteiger partial charge in [0, 0.05) is 28.4 Å². The van der Waals surface area contributed by atoms with Gasteiger partial charge in [0.05, 0.1) is 7.11 Å². The number of hydrogen-bond acceptors (Lipinski definition) is 5. The van der Waals surface area contributed by atoms with Gasteiger partial charge in [0.2, 0.25) is 5.91 Å². The van der Waals surface area contributed by atoms with E-state index in [0.717, 1.165) is 24.8 Å². The number of carbonyl (C=O) groups excluding carboxylic acids is 3. The maximum absolute atomic E-state index is 13.1. The molecule has 0 aliphatic heterocycles. The molecule has 32 heavy (non-hydrogen) atoms. The topological polar surface area (TPSA) is 93.7 Å². The molecule has 0 heterocycles. The van der Waals surface area contributed by atoms with Gasteiger partial charge in [-0.1, -0.05) is 23.3 Å². The second-order valence-corrected chi connectivity index (χ2v) is 10.1. The van der Waals surface area contributed by atoms with Crippen molar-refractivity contribution in [2.45, 2.75) is 63.6 Å². The first-order chi connectivity index (χ1) is 15.0. The van der Waals surface area contributed by atoms with E-state index < -0.39 is 11.6 Å². The van der Waals surface area contributed by atoms with Crippen molar-refractivity contribution < 1.29 is 23.9 Å². The summed E-state index contributed by atoms with van der Waals surface area (Å²) >= 11 is 6.02. The number of fused-ring (bicyclic) bond motifs is 1. The molecular weight excluding hydrogens is 432 g/mol. The molecule has 5 aliphatic carbocycles. The molecule has 5 aliphatic rings. The van der Waals surface area contributed by atoms with Crippen LogP contribution in [0, 0.1) is 18.8 Å². The summed E-state index contributed by atoms with van der Waals surface area (Å²) in [5.41, 5.74) is 0.829. The van der Waals surface area contributed by atoms with Crippen LogP contribution in [0.15, 0.2) is 29.8 Å². The Kier molecular flexibility index (Phi) is 5.74. The summed E-state index contributed by atoms with van der Waals surface area (Å²) in [4.78, 5) is 36.8. The average molecular weight is 461 g/mol. The first-order valence-corrected chi connectivity index (χ1v) is 11.3. The Hall–Kier alpha value is -2.54. The van der Waals surface area contributed by atoms with Crippen LogP contribution in [0.5, 0.6) is 5.75 Å². The summed E-state index contributed by atoms with van der Waals surface area (Å²) in [5, 5.41) is 6.87. The van der Waals surface area contributed by atoms with E-state index in [1.165, 1.54) is 12.7 Å². The lowest BCUT2D eigenvalue weighted by Gasteiger charge is -2.62. The highest BCUT2D eigenvalue weighted by molar-refractivity contribution is 6.30. The molecule has 4 bridgehead atoms. The zero-order valence-corrected chi connectivity index (χ0v) is 19.5. The van der Waals surface area contributed by atoms with Crippen LogP contribution in [0.3, 0.4) is 0 Å². The van der Waals surface area contributed by atoms with Gasteiger partial charge in [-0.15, -0.1) is 0 Å². The monoisotopic (exact) mass is 460 g/mol. The maximum atomic E-state index is 13.1. The Labute approximate surface area is 192 Å². The van der Waals surface area contributed by atoms with E-state index in [-0.39, 0.29) is 41.7 Å². The number of aryl methyl sites for hydroxylation is 1. The van der Waals surface area contributed by atoms with E-state index in [0.29, 0.717) is 10.8 Å². The number of benzene rings is 1. The normalized spacial score (nSPS) is 27.7. The fourth-order valence-electron chi connectivity index (χ4n) is 5.32. The quantitative estimate of drug-likeness (QED) is 0.370. The molecule has 1 aromatic carbocycles. The van der Waals surface area contributed by atoms with Gasteiger partial charge < -0.3 is 20.1 Å². The Balaban J connectivity index is 1.38. The van der Waals surface area contributed by atoms with E-state index in [9.17, 15) is 14.4 Å². The number of hydrogen-bond donors (Lipinski definition) is 2.